The zero-order valence-corrected chi connectivity index (χ0v) is 8.57. The Labute approximate surface area is 90.9 Å². The molecule has 2 aromatic heterocycles. The fraction of sp³-hybridized carbons (Fsp3) is 0.182. The Hall–Kier alpha value is -1.88. The lowest BCUT2D eigenvalue weighted by Gasteiger charge is -1.91. The predicted molar refractivity (Wildman–Crippen MR) is 59.8 cm³/mol. The Morgan fingerprint density at radius 2 is 2.31 bits per heavy atom. The van der Waals surface area contributed by atoms with Crippen LogP contribution in [0.3, 0.4) is 0 Å². The summed E-state index contributed by atoms with van der Waals surface area (Å²) in [6, 6.07) is 4.59. The number of aromatic nitrogens is 3. The SMILES string of the molecule is NCCc1cn2c(nc3cc(F)ccc32)[nH]1. The minimum absolute atomic E-state index is 0.268. The molecule has 0 aliphatic heterocycles. The number of hydrogen-bond acceptors (Lipinski definition) is 2. The van der Waals surface area contributed by atoms with E-state index in [9.17, 15) is 4.39 Å². The molecular formula is C11H11FN4. The van der Waals surface area contributed by atoms with Gasteiger partial charge in [-0.3, -0.25) is 4.40 Å². The van der Waals surface area contributed by atoms with E-state index >= 15 is 0 Å². The van der Waals surface area contributed by atoms with Crippen molar-refractivity contribution in [2.24, 2.45) is 5.73 Å². The summed E-state index contributed by atoms with van der Waals surface area (Å²) in [5, 5.41) is 0. The number of nitrogens with zero attached hydrogens (tertiary/aromatic N) is 2. The lowest BCUT2D eigenvalue weighted by molar-refractivity contribution is 0.629. The molecule has 3 aromatic rings. The molecule has 82 valence electrons. The van der Waals surface area contributed by atoms with E-state index in [1.54, 1.807) is 6.07 Å². The maximum absolute atomic E-state index is 13.0. The van der Waals surface area contributed by atoms with Gasteiger partial charge in [0, 0.05) is 24.4 Å². The molecule has 0 saturated heterocycles. The first-order valence-electron chi connectivity index (χ1n) is 5.13. The average molecular weight is 218 g/mol. The molecule has 0 bridgehead atoms. The second kappa shape index (κ2) is 3.31. The van der Waals surface area contributed by atoms with Crippen LogP contribution in [-0.4, -0.2) is 20.9 Å². The second-order valence-corrected chi connectivity index (χ2v) is 3.76. The molecule has 3 N–H and O–H groups in total. The number of nitrogens with two attached hydrogens (primary N) is 1. The normalized spacial score (nSPS) is 11.6. The molecule has 0 spiro atoms. The molecule has 0 saturated carbocycles. The van der Waals surface area contributed by atoms with Gasteiger partial charge in [0.05, 0.1) is 11.0 Å². The molecule has 16 heavy (non-hydrogen) atoms. The fourth-order valence-corrected chi connectivity index (χ4v) is 1.91. The van der Waals surface area contributed by atoms with Crippen LogP contribution in [0.4, 0.5) is 4.39 Å². The number of fused-ring (bicyclic) bond motifs is 3. The Balaban J connectivity index is 2.26. The topological polar surface area (TPSA) is 59.1 Å². The second-order valence-electron chi connectivity index (χ2n) is 3.76. The highest BCUT2D eigenvalue weighted by molar-refractivity contribution is 5.79. The van der Waals surface area contributed by atoms with Crippen molar-refractivity contribution in [3.63, 3.8) is 0 Å². The van der Waals surface area contributed by atoms with Crippen LogP contribution in [0.25, 0.3) is 16.8 Å². The minimum atomic E-state index is -0.268. The van der Waals surface area contributed by atoms with Gasteiger partial charge in [0.15, 0.2) is 0 Å². The molecule has 0 amide bonds. The van der Waals surface area contributed by atoms with E-state index in [2.05, 4.69) is 9.97 Å². The van der Waals surface area contributed by atoms with Gasteiger partial charge >= 0.3 is 0 Å². The summed E-state index contributed by atoms with van der Waals surface area (Å²) < 4.78 is 14.9. The third-order valence-electron chi connectivity index (χ3n) is 2.62. The van der Waals surface area contributed by atoms with Gasteiger partial charge in [-0.1, -0.05) is 0 Å². The van der Waals surface area contributed by atoms with Crippen LogP contribution in [0, 0.1) is 5.82 Å². The zero-order chi connectivity index (χ0) is 11.1. The summed E-state index contributed by atoms with van der Waals surface area (Å²) in [6.07, 6.45) is 2.74. The zero-order valence-electron chi connectivity index (χ0n) is 8.57. The molecule has 3 rings (SSSR count). The van der Waals surface area contributed by atoms with Crippen molar-refractivity contribution in [3.05, 3.63) is 35.9 Å². The molecule has 0 aliphatic carbocycles. The maximum atomic E-state index is 13.0. The van der Waals surface area contributed by atoms with Crippen molar-refractivity contribution >= 4 is 16.8 Å². The summed E-state index contributed by atoms with van der Waals surface area (Å²) >= 11 is 0. The Kier molecular flexibility index (Phi) is 1.94. The molecule has 0 aliphatic rings. The van der Waals surface area contributed by atoms with E-state index in [1.807, 2.05) is 10.6 Å². The minimum Gasteiger partial charge on any atom is -0.330 e. The lowest BCUT2D eigenvalue weighted by atomic mass is 10.3. The Morgan fingerprint density at radius 3 is 3.12 bits per heavy atom. The highest BCUT2D eigenvalue weighted by atomic mass is 19.1. The standard InChI is InChI=1S/C11H11FN4/c12-7-1-2-10-9(5-7)15-11-14-8(3-4-13)6-16(10)11/h1-2,5-6H,3-4,13H2,(H,14,15). The van der Waals surface area contributed by atoms with Crippen LogP contribution in [0.1, 0.15) is 5.69 Å². The summed E-state index contributed by atoms with van der Waals surface area (Å²) in [5.74, 6) is 0.458. The van der Waals surface area contributed by atoms with Gasteiger partial charge in [0.2, 0.25) is 5.78 Å². The molecule has 2 heterocycles. The fourth-order valence-electron chi connectivity index (χ4n) is 1.91. The van der Waals surface area contributed by atoms with E-state index in [4.69, 9.17) is 5.73 Å². The number of rotatable bonds is 2. The molecular weight excluding hydrogens is 207 g/mol. The first-order chi connectivity index (χ1) is 7.78. The largest absolute Gasteiger partial charge is 0.330 e. The first-order valence-corrected chi connectivity index (χ1v) is 5.13. The molecule has 0 fully saturated rings. The summed E-state index contributed by atoms with van der Waals surface area (Å²) in [4.78, 5) is 7.46. The highest BCUT2D eigenvalue weighted by Gasteiger charge is 2.07. The number of imidazole rings is 2. The van der Waals surface area contributed by atoms with Crippen LogP contribution >= 0.6 is 0 Å². The average Bonchev–Trinajstić information content (AvgIpc) is 2.74. The van der Waals surface area contributed by atoms with Crippen molar-refractivity contribution in [1.82, 2.24) is 14.4 Å². The van der Waals surface area contributed by atoms with Gasteiger partial charge in [-0.05, 0) is 18.7 Å². The lowest BCUT2D eigenvalue weighted by Crippen LogP contribution is -2.02. The first kappa shape index (κ1) is 9.35. The summed E-state index contributed by atoms with van der Waals surface area (Å²) in [6.45, 7) is 0.593. The van der Waals surface area contributed by atoms with Crippen LogP contribution in [-0.2, 0) is 6.42 Å². The van der Waals surface area contributed by atoms with E-state index in [0.717, 1.165) is 23.4 Å². The van der Waals surface area contributed by atoms with E-state index in [1.165, 1.54) is 12.1 Å². The van der Waals surface area contributed by atoms with E-state index in [0.29, 0.717) is 12.1 Å². The van der Waals surface area contributed by atoms with Crippen LogP contribution in [0.2, 0.25) is 0 Å². The van der Waals surface area contributed by atoms with Crippen molar-refractivity contribution in [2.75, 3.05) is 6.54 Å². The smallest absolute Gasteiger partial charge is 0.212 e. The highest BCUT2D eigenvalue weighted by Crippen LogP contribution is 2.17. The van der Waals surface area contributed by atoms with Gasteiger partial charge < -0.3 is 10.7 Å². The molecule has 0 atom stereocenters. The van der Waals surface area contributed by atoms with Gasteiger partial charge in [-0.25, -0.2) is 9.37 Å². The van der Waals surface area contributed by atoms with Gasteiger partial charge in [0.25, 0.3) is 0 Å². The van der Waals surface area contributed by atoms with E-state index in [-0.39, 0.29) is 5.82 Å². The number of nitrogens with one attached hydrogen (secondary N) is 1. The number of aromatic amines is 1. The third-order valence-corrected chi connectivity index (χ3v) is 2.62. The monoisotopic (exact) mass is 218 g/mol. The predicted octanol–water partition coefficient (Wildman–Crippen LogP) is 1.46. The number of H-pyrrole nitrogens is 1. The van der Waals surface area contributed by atoms with Crippen LogP contribution in [0.15, 0.2) is 24.4 Å². The number of halogens is 1. The molecule has 5 heteroatoms. The number of benzene rings is 1. The van der Waals surface area contributed by atoms with Crippen molar-refractivity contribution in [2.45, 2.75) is 6.42 Å². The molecule has 4 nitrogen and oxygen atoms in total. The van der Waals surface area contributed by atoms with Gasteiger partial charge in [0.1, 0.15) is 5.82 Å². The van der Waals surface area contributed by atoms with Crippen molar-refractivity contribution < 1.29 is 4.39 Å². The Bertz CT molecular complexity index is 652. The van der Waals surface area contributed by atoms with Crippen LogP contribution < -0.4 is 5.73 Å². The van der Waals surface area contributed by atoms with Crippen molar-refractivity contribution in [3.8, 4) is 0 Å². The van der Waals surface area contributed by atoms with Crippen molar-refractivity contribution in [1.29, 1.82) is 0 Å². The number of hydrogen-bond donors (Lipinski definition) is 2. The van der Waals surface area contributed by atoms with Gasteiger partial charge in [-0.15, -0.1) is 0 Å². The maximum Gasteiger partial charge on any atom is 0.212 e. The third kappa shape index (κ3) is 1.29. The van der Waals surface area contributed by atoms with Crippen LogP contribution in [0.5, 0.6) is 0 Å². The quantitative estimate of drug-likeness (QED) is 0.684. The Morgan fingerprint density at radius 1 is 1.44 bits per heavy atom. The molecule has 0 radical (unpaired) electrons. The summed E-state index contributed by atoms with van der Waals surface area (Å²) in [5.41, 5.74) is 8.08. The van der Waals surface area contributed by atoms with Gasteiger partial charge in [-0.2, -0.15) is 0 Å². The summed E-state index contributed by atoms with van der Waals surface area (Å²) in [7, 11) is 0. The molecule has 1 aromatic carbocycles. The molecule has 0 unspecified atom stereocenters. The van der Waals surface area contributed by atoms with E-state index < -0.39 is 0 Å².